The van der Waals surface area contributed by atoms with Crippen molar-refractivity contribution < 1.29 is 4.79 Å². The lowest BCUT2D eigenvalue weighted by atomic mass is 10.1. The van der Waals surface area contributed by atoms with E-state index in [9.17, 15) is 4.79 Å². The molecular weight excluding hydrogens is 282 g/mol. The van der Waals surface area contributed by atoms with Crippen molar-refractivity contribution in [3.8, 4) is 0 Å². The summed E-state index contributed by atoms with van der Waals surface area (Å²) in [4.78, 5) is 17.8. The number of aromatic nitrogens is 1. The molecule has 1 aromatic heterocycles. The molecule has 1 heterocycles. The van der Waals surface area contributed by atoms with Crippen LogP contribution >= 0.6 is 11.3 Å². The van der Waals surface area contributed by atoms with Crippen LogP contribution in [0.5, 0.6) is 0 Å². The lowest BCUT2D eigenvalue weighted by Gasteiger charge is -2.01. The summed E-state index contributed by atoms with van der Waals surface area (Å²) in [7, 11) is 0. The molecule has 0 fully saturated rings. The molecule has 0 spiro atoms. The molecule has 0 saturated heterocycles. The topological polar surface area (TPSA) is 68.0 Å². The highest BCUT2D eigenvalue weighted by molar-refractivity contribution is 7.15. The van der Waals surface area contributed by atoms with E-state index in [0.29, 0.717) is 10.7 Å². The van der Waals surface area contributed by atoms with Crippen LogP contribution in [0.25, 0.3) is 0 Å². The number of hydrogen-bond acceptors (Lipinski definition) is 4. The number of carbonyl (C=O) groups excluding carboxylic acids is 1. The smallest absolute Gasteiger partial charge is 0.257 e. The molecule has 112 valence electrons. The van der Waals surface area contributed by atoms with Gasteiger partial charge in [-0.15, -0.1) is 11.3 Å². The maximum absolute atomic E-state index is 12.1. The van der Waals surface area contributed by atoms with E-state index < -0.39 is 0 Å². The summed E-state index contributed by atoms with van der Waals surface area (Å²) in [6, 6.07) is 7.51. The number of aryl methyl sites for hydroxylation is 3. The van der Waals surface area contributed by atoms with E-state index in [0.717, 1.165) is 37.1 Å². The van der Waals surface area contributed by atoms with Gasteiger partial charge in [-0.1, -0.05) is 17.7 Å². The van der Waals surface area contributed by atoms with Gasteiger partial charge >= 0.3 is 0 Å². The highest BCUT2D eigenvalue weighted by atomic mass is 32.1. The van der Waals surface area contributed by atoms with Gasteiger partial charge in [0, 0.05) is 10.4 Å². The second-order valence-corrected chi connectivity index (χ2v) is 6.18. The van der Waals surface area contributed by atoms with Crippen LogP contribution in [-0.2, 0) is 6.42 Å². The van der Waals surface area contributed by atoms with Crippen LogP contribution in [-0.4, -0.2) is 17.4 Å². The SMILES string of the molecule is Cc1ccc(C(=O)Nc2nc(C)c(CCCCN)s2)cc1. The molecule has 4 nitrogen and oxygen atoms in total. The number of nitrogens with one attached hydrogen (secondary N) is 1. The average Bonchev–Trinajstić information content (AvgIpc) is 2.80. The summed E-state index contributed by atoms with van der Waals surface area (Å²) >= 11 is 1.55. The van der Waals surface area contributed by atoms with Crippen LogP contribution in [0.3, 0.4) is 0 Å². The van der Waals surface area contributed by atoms with Gasteiger partial charge in [0.1, 0.15) is 0 Å². The molecule has 1 amide bonds. The van der Waals surface area contributed by atoms with Crippen LogP contribution in [0.15, 0.2) is 24.3 Å². The normalized spacial score (nSPS) is 10.6. The predicted octanol–water partition coefficient (Wildman–Crippen LogP) is 3.29. The first-order chi connectivity index (χ1) is 10.1. The first-order valence-corrected chi connectivity index (χ1v) is 7.96. The van der Waals surface area contributed by atoms with Gasteiger partial charge in [-0.3, -0.25) is 10.1 Å². The van der Waals surface area contributed by atoms with Gasteiger partial charge in [-0.25, -0.2) is 4.98 Å². The molecule has 2 rings (SSSR count). The Labute approximate surface area is 129 Å². The third-order valence-corrected chi connectivity index (χ3v) is 4.42. The Hall–Kier alpha value is -1.72. The van der Waals surface area contributed by atoms with Gasteiger partial charge in [0.25, 0.3) is 5.91 Å². The Morgan fingerprint density at radius 3 is 2.62 bits per heavy atom. The minimum atomic E-state index is -0.114. The van der Waals surface area contributed by atoms with Gasteiger partial charge in [-0.05, 0) is 51.8 Å². The van der Waals surface area contributed by atoms with Crippen molar-refractivity contribution in [1.82, 2.24) is 4.98 Å². The van der Waals surface area contributed by atoms with E-state index in [-0.39, 0.29) is 5.91 Å². The number of anilines is 1. The van der Waals surface area contributed by atoms with Crippen molar-refractivity contribution >= 4 is 22.4 Å². The Morgan fingerprint density at radius 2 is 1.95 bits per heavy atom. The number of carbonyl (C=O) groups is 1. The molecule has 0 atom stereocenters. The number of thiazole rings is 1. The summed E-state index contributed by atoms with van der Waals surface area (Å²) in [6.45, 7) is 4.70. The van der Waals surface area contributed by atoms with Crippen LogP contribution in [0.4, 0.5) is 5.13 Å². The number of nitrogens with zero attached hydrogens (tertiary/aromatic N) is 1. The van der Waals surface area contributed by atoms with E-state index in [2.05, 4.69) is 10.3 Å². The Morgan fingerprint density at radius 1 is 1.24 bits per heavy atom. The van der Waals surface area contributed by atoms with Crippen molar-refractivity contribution in [2.75, 3.05) is 11.9 Å². The van der Waals surface area contributed by atoms with Crippen LogP contribution in [0.1, 0.15) is 39.3 Å². The first-order valence-electron chi connectivity index (χ1n) is 7.14. The van der Waals surface area contributed by atoms with Crippen molar-refractivity contribution in [2.45, 2.75) is 33.1 Å². The quantitative estimate of drug-likeness (QED) is 0.805. The number of hydrogen-bond donors (Lipinski definition) is 2. The predicted molar refractivity (Wildman–Crippen MR) is 88.0 cm³/mol. The number of unbranched alkanes of at least 4 members (excludes halogenated alkanes) is 1. The lowest BCUT2D eigenvalue weighted by Crippen LogP contribution is -2.11. The van der Waals surface area contributed by atoms with E-state index in [1.165, 1.54) is 4.88 Å². The fourth-order valence-corrected chi connectivity index (χ4v) is 3.02. The van der Waals surface area contributed by atoms with Crippen molar-refractivity contribution in [1.29, 1.82) is 0 Å². The molecule has 5 heteroatoms. The van der Waals surface area contributed by atoms with Crippen LogP contribution in [0, 0.1) is 13.8 Å². The van der Waals surface area contributed by atoms with E-state index >= 15 is 0 Å². The standard InChI is InChI=1S/C16H21N3OS/c1-11-6-8-13(9-7-11)15(20)19-16-18-12(2)14(21-16)5-3-4-10-17/h6-9H,3-5,10,17H2,1-2H3,(H,18,19,20). The lowest BCUT2D eigenvalue weighted by molar-refractivity contribution is 0.102. The molecule has 0 aliphatic carbocycles. The third kappa shape index (κ3) is 4.37. The summed E-state index contributed by atoms with van der Waals surface area (Å²) < 4.78 is 0. The number of amides is 1. The van der Waals surface area contributed by atoms with Crippen LogP contribution in [0.2, 0.25) is 0 Å². The zero-order chi connectivity index (χ0) is 15.2. The molecule has 2 aromatic rings. The minimum Gasteiger partial charge on any atom is -0.330 e. The maximum Gasteiger partial charge on any atom is 0.257 e. The average molecular weight is 303 g/mol. The molecule has 0 aliphatic heterocycles. The monoisotopic (exact) mass is 303 g/mol. The van der Waals surface area contributed by atoms with Gasteiger partial charge in [0.2, 0.25) is 0 Å². The summed E-state index contributed by atoms with van der Waals surface area (Å²) in [5.41, 5.74) is 8.29. The molecule has 0 bridgehead atoms. The Balaban J connectivity index is 2.01. The Bertz CT molecular complexity index is 604. The van der Waals surface area contributed by atoms with E-state index in [4.69, 9.17) is 5.73 Å². The van der Waals surface area contributed by atoms with Crippen molar-refractivity contribution in [2.24, 2.45) is 5.73 Å². The summed E-state index contributed by atoms with van der Waals surface area (Å²) in [5, 5.41) is 3.54. The van der Waals surface area contributed by atoms with Gasteiger partial charge in [-0.2, -0.15) is 0 Å². The fraction of sp³-hybridized carbons (Fsp3) is 0.375. The summed E-state index contributed by atoms with van der Waals surface area (Å²) in [5.74, 6) is -0.114. The number of benzene rings is 1. The fourth-order valence-electron chi connectivity index (χ4n) is 2.02. The molecule has 0 aliphatic rings. The van der Waals surface area contributed by atoms with Gasteiger partial charge in [0.05, 0.1) is 5.69 Å². The maximum atomic E-state index is 12.1. The number of nitrogens with two attached hydrogens (primary N) is 1. The molecule has 1 aromatic carbocycles. The highest BCUT2D eigenvalue weighted by Gasteiger charge is 2.11. The van der Waals surface area contributed by atoms with Crippen molar-refractivity contribution in [3.63, 3.8) is 0 Å². The van der Waals surface area contributed by atoms with Gasteiger partial charge < -0.3 is 5.73 Å². The second kappa shape index (κ2) is 7.33. The highest BCUT2D eigenvalue weighted by Crippen LogP contribution is 2.24. The number of rotatable bonds is 6. The second-order valence-electron chi connectivity index (χ2n) is 5.09. The largest absolute Gasteiger partial charge is 0.330 e. The Kier molecular flexibility index (Phi) is 5.47. The van der Waals surface area contributed by atoms with Gasteiger partial charge in [0.15, 0.2) is 5.13 Å². The molecular formula is C16H21N3OS. The van der Waals surface area contributed by atoms with E-state index in [1.54, 1.807) is 11.3 Å². The third-order valence-electron chi connectivity index (χ3n) is 3.28. The van der Waals surface area contributed by atoms with Crippen LogP contribution < -0.4 is 11.1 Å². The minimum absolute atomic E-state index is 0.114. The molecule has 0 unspecified atom stereocenters. The van der Waals surface area contributed by atoms with E-state index in [1.807, 2.05) is 38.1 Å². The summed E-state index contributed by atoms with van der Waals surface area (Å²) in [6.07, 6.45) is 3.05. The molecule has 0 radical (unpaired) electrons. The molecule has 21 heavy (non-hydrogen) atoms. The zero-order valence-corrected chi connectivity index (χ0v) is 13.3. The van der Waals surface area contributed by atoms with Crippen molar-refractivity contribution in [3.05, 3.63) is 46.0 Å². The molecule has 0 saturated carbocycles. The first kappa shape index (κ1) is 15.7. The molecule has 3 N–H and O–H groups in total. The zero-order valence-electron chi connectivity index (χ0n) is 12.5.